The lowest BCUT2D eigenvalue weighted by Gasteiger charge is -2.18. The van der Waals surface area contributed by atoms with Crippen LogP contribution in [0.15, 0.2) is 28.5 Å². The van der Waals surface area contributed by atoms with E-state index in [0.717, 1.165) is 4.21 Å². The van der Waals surface area contributed by atoms with Crippen molar-refractivity contribution in [2.75, 3.05) is 0 Å². The second-order valence-corrected chi connectivity index (χ2v) is 6.46. The van der Waals surface area contributed by atoms with Crippen LogP contribution in [0.1, 0.15) is 26.3 Å². The number of benzene rings is 1. The van der Waals surface area contributed by atoms with Crippen molar-refractivity contribution in [3.05, 3.63) is 29.8 Å². The lowest BCUT2D eigenvalue weighted by Crippen LogP contribution is -2.10. The van der Waals surface area contributed by atoms with E-state index >= 15 is 0 Å². The van der Waals surface area contributed by atoms with E-state index in [-0.39, 0.29) is 5.41 Å². The van der Waals surface area contributed by atoms with E-state index in [1.165, 1.54) is 15.6 Å². The van der Waals surface area contributed by atoms with Crippen molar-refractivity contribution in [3.63, 3.8) is 0 Å². The highest BCUT2D eigenvalue weighted by molar-refractivity contribution is 7.83. The molecule has 0 spiro atoms. The Balaban J connectivity index is 2.62. The van der Waals surface area contributed by atoms with Crippen LogP contribution in [0.3, 0.4) is 0 Å². The smallest absolute Gasteiger partial charge is 0.0580 e. The molecule has 0 amide bonds. The van der Waals surface area contributed by atoms with Crippen LogP contribution in [-0.2, 0) is 5.41 Å². The molecule has 0 saturated carbocycles. The molecular weight excluding hydrogens is 208 g/mol. The number of hydrogen-bond donors (Lipinski definition) is 1. The largest absolute Gasteiger partial charge is 0.133 e. The molecule has 0 radical (unpaired) electrons. The van der Waals surface area contributed by atoms with Gasteiger partial charge in [-0.05, 0) is 34.6 Å². The highest BCUT2D eigenvalue weighted by atomic mass is 32.2. The molecule has 0 N–H and O–H groups in total. The molecule has 2 aromatic rings. The first-order valence-electron chi connectivity index (χ1n) is 4.70. The van der Waals surface area contributed by atoms with Gasteiger partial charge in [0.1, 0.15) is 0 Å². The summed E-state index contributed by atoms with van der Waals surface area (Å²) in [6.45, 7) is 6.71. The maximum atomic E-state index is 4.37. The summed E-state index contributed by atoms with van der Waals surface area (Å²) < 4.78 is 2.41. The van der Waals surface area contributed by atoms with Gasteiger partial charge in [-0.25, -0.2) is 0 Å². The molecule has 0 atom stereocenters. The van der Waals surface area contributed by atoms with Crippen LogP contribution in [0.2, 0.25) is 0 Å². The zero-order valence-corrected chi connectivity index (χ0v) is 10.4. The number of fused-ring (bicyclic) bond motifs is 1. The summed E-state index contributed by atoms with van der Waals surface area (Å²) in [4.78, 5) is 0. The van der Waals surface area contributed by atoms with Crippen LogP contribution in [-0.4, -0.2) is 0 Å². The second kappa shape index (κ2) is 3.28. The van der Waals surface area contributed by atoms with Gasteiger partial charge in [-0.15, -0.1) is 24.0 Å². The van der Waals surface area contributed by atoms with Gasteiger partial charge in [0, 0.05) is 4.70 Å². The van der Waals surface area contributed by atoms with Crippen LogP contribution in [0.5, 0.6) is 0 Å². The van der Waals surface area contributed by atoms with E-state index in [9.17, 15) is 0 Å². The molecule has 0 nitrogen and oxygen atoms in total. The second-order valence-electron chi connectivity index (χ2n) is 4.59. The summed E-state index contributed by atoms with van der Waals surface area (Å²) in [6.07, 6.45) is 0. The molecule has 0 saturated heterocycles. The van der Waals surface area contributed by atoms with Crippen molar-refractivity contribution in [1.29, 1.82) is 0 Å². The third-order valence-electron chi connectivity index (χ3n) is 2.37. The number of rotatable bonds is 0. The molecule has 1 aromatic heterocycles. The van der Waals surface area contributed by atoms with E-state index in [1.807, 2.05) is 0 Å². The summed E-state index contributed by atoms with van der Waals surface area (Å²) in [7, 11) is 0. The molecule has 0 unspecified atom stereocenters. The van der Waals surface area contributed by atoms with E-state index in [0.29, 0.717) is 0 Å². The van der Waals surface area contributed by atoms with Crippen molar-refractivity contribution >= 4 is 34.1 Å². The quantitative estimate of drug-likeness (QED) is 0.624. The highest BCUT2D eigenvalue weighted by Crippen LogP contribution is 2.32. The van der Waals surface area contributed by atoms with Gasteiger partial charge in [-0.1, -0.05) is 26.8 Å². The van der Waals surface area contributed by atoms with Crippen LogP contribution in [0.25, 0.3) is 10.1 Å². The fraction of sp³-hybridized carbons (Fsp3) is 0.333. The Bertz CT molecular complexity index is 461. The first-order chi connectivity index (χ1) is 6.47. The van der Waals surface area contributed by atoms with Gasteiger partial charge in [0.15, 0.2) is 0 Å². The third kappa shape index (κ3) is 1.82. The Kier molecular flexibility index (Phi) is 2.36. The molecule has 0 aliphatic heterocycles. The molecule has 74 valence electrons. The minimum absolute atomic E-state index is 0.229. The fourth-order valence-electron chi connectivity index (χ4n) is 1.50. The lowest BCUT2D eigenvalue weighted by atomic mass is 9.87. The Hall–Kier alpha value is -0.470. The van der Waals surface area contributed by atoms with Crippen molar-refractivity contribution in [1.82, 2.24) is 0 Å². The van der Waals surface area contributed by atoms with Gasteiger partial charge in [-0.2, -0.15) is 0 Å². The maximum Gasteiger partial charge on any atom is 0.0580 e. The highest BCUT2D eigenvalue weighted by Gasteiger charge is 2.13. The molecule has 0 fully saturated rings. The van der Waals surface area contributed by atoms with Gasteiger partial charge in [-0.3, -0.25) is 0 Å². The van der Waals surface area contributed by atoms with Gasteiger partial charge >= 0.3 is 0 Å². The topological polar surface area (TPSA) is 0 Å². The average molecular weight is 222 g/mol. The average Bonchev–Trinajstić information content (AvgIpc) is 2.41. The number of thiol groups is 1. The fourth-order valence-corrected chi connectivity index (χ4v) is 2.71. The molecule has 0 bridgehead atoms. The van der Waals surface area contributed by atoms with E-state index in [4.69, 9.17) is 0 Å². The molecular formula is C12H14S2. The zero-order chi connectivity index (χ0) is 10.3. The molecule has 2 heteroatoms. The summed E-state index contributed by atoms with van der Waals surface area (Å²) in [6, 6.07) is 8.82. The van der Waals surface area contributed by atoms with Crippen LogP contribution >= 0.6 is 24.0 Å². The van der Waals surface area contributed by atoms with Crippen LogP contribution < -0.4 is 0 Å². The van der Waals surface area contributed by atoms with E-state index in [1.54, 1.807) is 11.3 Å². The molecule has 2 rings (SSSR count). The minimum atomic E-state index is 0.229. The SMILES string of the molecule is CC(C)(C)c1ccc2sc(S)cc2c1. The summed E-state index contributed by atoms with van der Waals surface area (Å²) in [5.41, 5.74) is 1.61. The maximum absolute atomic E-state index is 4.37. The molecule has 14 heavy (non-hydrogen) atoms. The predicted octanol–water partition coefficient (Wildman–Crippen LogP) is 4.49. The van der Waals surface area contributed by atoms with Gasteiger partial charge in [0.2, 0.25) is 0 Å². The normalized spacial score (nSPS) is 12.3. The standard InChI is InChI=1S/C12H14S2/c1-12(2,3)9-4-5-10-8(6-9)7-11(13)14-10/h4-7,13H,1-3H3. The monoisotopic (exact) mass is 222 g/mol. The van der Waals surface area contributed by atoms with E-state index < -0.39 is 0 Å². The first-order valence-corrected chi connectivity index (χ1v) is 5.96. The van der Waals surface area contributed by atoms with E-state index in [2.05, 4.69) is 57.7 Å². The van der Waals surface area contributed by atoms with Crippen molar-refractivity contribution in [3.8, 4) is 0 Å². The van der Waals surface area contributed by atoms with Crippen molar-refractivity contribution < 1.29 is 0 Å². The molecule has 1 aromatic carbocycles. The number of thiophene rings is 1. The summed E-state index contributed by atoms with van der Waals surface area (Å²) in [5, 5.41) is 1.31. The lowest BCUT2D eigenvalue weighted by molar-refractivity contribution is 0.591. The molecule has 0 aliphatic rings. The van der Waals surface area contributed by atoms with Crippen LogP contribution in [0.4, 0.5) is 0 Å². The van der Waals surface area contributed by atoms with Crippen LogP contribution in [0, 0.1) is 0 Å². The van der Waals surface area contributed by atoms with Gasteiger partial charge in [0.05, 0.1) is 4.21 Å². The van der Waals surface area contributed by atoms with Crippen molar-refractivity contribution in [2.45, 2.75) is 30.4 Å². The molecule has 0 aliphatic carbocycles. The Morgan fingerprint density at radius 3 is 2.50 bits per heavy atom. The summed E-state index contributed by atoms with van der Waals surface area (Å²) >= 11 is 6.10. The first kappa shape index (κ1) is 10.1. The minimum Gasteiger partial charge on any atom is -0.133 e. The Labute approximate surface area is 94.4 Å². The van der Waals surface area contributed by atoms with Crippen molar-refractivity contribution in [2.24, 2.45) is 0 Å². The zero-order valence-electron chi connectivity index (χ0n) is 8.66. The Morgan fingerprint density at radius 2 is 1.86 bits per heavy atom. The van der Waals surface area contributed by atoms with Gasteiger partial charge in [0.25, 0.3) is 0 Å². The third-order valence-corrected chi connectivity index (χ3v) is 3.69. The predicted molar refractivity (Wildman–Crippen MR) is 67.8 cm³/mol. The molecule has 1 heterocycles. The Morgan fingerprint density at radius 1 is 1.14 bits per heavy atom. The number of hydrogen-bond acceptors (Lipinski definition) is 2. The summed E-state index contributed by atoms with van der Waals surface area (Å²) in [5.74, 6) is 0. The van der Waals surface area contributed by atoms with Gasteiger partial charge < -0.3 is 0 Å².